The number of nitrogens with zero attached hydrogens (tertiary/aromatic N) is 1. The molecule has 33 heavy (non-hydrogen) atoms. The van der Waals surface area contributed by atoms with Gasteiger partial charge in [0, 0.05) is 11.1 Å². The highest BCUT2D eigenvalue weighted by molar-refractivity contribution is 7.18. The number of para-hydroxylation sites is 1. The van der Waals surface area contributed by atoms with Gasteiger partial charge < -0.3 is 14.2 Å². The fourth-order valence-corrected chi connectivity index (χ4v) is 4.61. The van der Waals surface area contributed by atoms with Crippen molar-refractivity contribution < 1.29 is 19.0 Å². The molecule has 4 rings (SSSR count). The molecule has 0 aliphatic heterocycles. The quantitative estimate of drug-likeness (QED) is 0.299. The Morgan fingerprint density at radius 3 is 2.33 bits per heavy atom. The molecule has 0 spiro atoms. The summed E-state index contributed by atoms with van der Waals surface area (Å²) in [5, 5.41) is 0.878. The fraction of sp³-hybridized carbons (Fsp3) is 0.185. The van der Waals surface area contributed by atoms with Crippen molar-refractivity contribution in [2.45, 2.75) is 20.0 Å². The van der Waals surface area contributed by atoms with Crippen LogP contribution in [0.3, 0.4) is 0 Å². The van der Waals surface area contributed by atoms with E-state index in [0.29, 0.717) is 17.2 Å². The molecule has 3 aromatic carbocycles. The van der Waals surface area contributed by atoms with Gasteiger partial charge in [-0.25, -0.2) is 4.98 Å². The van der Waals surface area contributed by atoms with Crippen molar-refractivity contribution in [2.75, 3.05) is 14.2 Å². The Morgan fingerprint density at radius 1 is 0.879 bits per heavy atom. The minimum Gasteiger partial charge on any atom is -0.493 e. The lowest BCUT2D eigenvalue weighted by atomic mass is 10.1. The Kier molecular flexibility index (Phi) is 7.05. The Balaban J connectivity index is 1.57. The molecule has 0 unspecified atom stereocenters. The minimum atomic E-state index is -0.349. The molecule has 0 N–H and O–H groups in total. The van der Waals surface area contributed by atoms with E-state index in [1.807, 2.05) is 42.5 Å². The number of carbonyl (C=O) groups excluding carboxylic acids is 1. The third kappa shape index (κ3) is 5.23. The number of esters is 1. The maximum atomic E-state index is 12.8. The van der Waals surface area contributed by atoms with E-state index in [2.05, 4.69) is 31.2 Å². The molecule has 0 saturated heterocycles. The molecular formula is C27H25NO4S. The van der Waals surface area contributed by atoms with Crippen molar-refractivity contribution in [1.82, 2.24) is 4.98 Å². The van der Waals surface area contributed by atoms with Crippen LogP contribution in [-0.2, 0) is 22.6 Å². The minimum absolute atomic E-state index is 0.0822. The summed E-state index contributed by atoms with van der Waals surface area (Å²) in [6.07, 6.45) is 0.0822. The molecule has 0 bridgehead atoms. The third-order valence-electron chi connectivity index (χ3n) is 5.22. The van der Waals surface area contributed by atoms with Crippen molar-refractivity contribution >= 4 is 17.3 Å². The highest BCUT2D eigenvalue weighted by Crippen LogP contribution is 2.36. The zero-order valence-electron chi connectivity index (χ0n) is 18.8. The maximum Gasteiger partial charge on any atom is 0.312 e. The molecule has 0 atom stereocenters. The van der Waals surface area contributed by atoms with Crippen LogP contribution >= 0.6 is 11.3 Å². The predicted molar refractivity (Wildman–Crippen MR) is 131 cm³/mol. The molecule has 0 saturated carbocycles. The Labute approximate surface area is 197 Å². The van der Waals surface area contributed by atoms with Gasteiger partial charge in [0.15, 0.2) is 11.5 Å². The number of aryl methyl sites for hydroxylation is 1. The van der Waals surface area contributed by atoms with Crippen LogP contribution in [0.2, 0.25) is 0 Å². The van der Waals surface area contributed by atoms with Crippen molar-refractivity contribution in [3.8, 4) is 32.5 Å². The lowest BCUT2D eigenvalue weighted by Crippen LogP contribution is -2.10. The van der Waals surface area contributed by atoms with Gasteiger partial charge in [0.2, 0.25) is 0 Å². The summed E-state index contributed by atoms with van der Waals surface area (Å²) in [5.74, 6) is 0.811. The van der Waals surface area contributed by atoms with Gasteiger partial charge in [-0.15, -0.1) is 11.3 Å². The first kappa shape index (κ1) is 22.6. The van der Waals surface area contributed by atoms with E-state index in [4.69, 9.17) is 19.2 Å². The summed E-state index contributed by atoms with van der Waals surface area (Å²) >= 11 is 1.58. The normalized spacial score (nSPS) is 10.6. The molecule has 6 heteroatoms. The first-order valence-corrected chi connectivity index (χ1v) is 11.4. The first-order chi connectivity index (χ1) is 16.1. The van der Waals surface area contributed by atoms with E-state index in [9.17, 15) is 4.79 Å². The third-order valence-corrected chi connectivity index (χ3v) is 6.41. The average Bonchev–Trinajstić information content (AvgIpc) is 3.27. The smallest absolute Gasteiger partial charge is 0.312 e. The monoisotopic (exact) mass is 459 g/mol. The molecule has 0 aliphatic carbocycles. The highest BCUT2D eigenvalue weighted by Gasteiger charge is 2.19. The Morgan fingerprint density at radius 2 is 1.64 bits per heavy atom. The molecule has 1 heterocycles. The lowest BCUT2D eigenvalue weighted by molar-refractivity contribution is -0.144. The van der Waals surface area contributed by atoms with Crippen LogP contribution in [0.5, 0.6) is 11.5 Å². The predicted octanol–water partition coefficient (Wildman–Crippen LogP) is 6.09. The van der Waals surface area contributed by atoms with Gasteiger partial charge in [-0.05, 0) is 18.6 Å². The van der Waals surface area contributed by atoms with Crippen molar-refractivity contribution in [2.24, 2.45) is 0 Å². The second-order valence-electron chi connectivity index (χ2n) is 7.52. The second kappa shape index (κ2) is 10.3. The summed E-state index contributed by atoms with van der Waals surface area (Å²) in [6, 6.07) is 23.7. The maximum absolute atomic E-state index is 12.8. The van der Waals surface area contributed by atoms with Gasteiger partial charge in [-0.2, -0.15) is 0 Å². The van der Waals surface area contributed by atoms with Gasteiger partial charge >= 0.3 is 5.97 Å². The molecule has 0 fully saturated rings. The number of methoxy groups -OCH3 is 2. The molecule has 5 nitrogen and oxygen atoms in total. The molecule has 1 aromatic heterocycles. The van der Waals surface area contributed by atoms with E-state index in [-0.39, 0.29) is 19.0 Å². The summed E-state index contributed by atoms with van der Waals surface area (Å²) in [7, 11) is 3.14. The molecule has 4 aromatic rings. The van der Waals surface area contributed by atoms with Gasteiger partial charge in [-0.1, -0.05) is 72.3 Å². The van der Waals surface area contributed by atoms with E-state index < -0.39 is 0 Å². The zero-order chi connectivity index (χ0) is 23.2. The Hall–Kier alpha value is -3.64. The topological polar surface area (TPSA) is 57.7 Å². The largest absolute Gasteiger partial charge is 0.493 e. The summed E-state index contributed by atoms with van der Waals surface area (Å²) in [4.78, 5) is 18.6. The van der Waals surface area contributed by atoms with Gasteiger partial charge in [0.25, 0.3) is 0 Å². The first-order valence-electron chi connectivity index (χ1n) is 10.6. The van der Waals surface area contributed by atoms with Crippen molar-refractivity contribution in [3.05, 3.63) is 89.6 Å². The number of rotatable bonds is 8. The van der Waals surface area contributed by atoms with Crippen LogP contribution in [0.25, 0.3) is 21.0 Å². The molecule has 0 radical (unpaired) electrons. The molecular weight excluding hydrogens is 434 g/mol. The lowest BCUT2D eigenvalue weighted by Gasteiger charge is -2.12. The van der Waals surface area contributed by atoms with Crippen LogP contribution in [-0.4, -0.2) is 25.2 Å². The Bertz CT molecular complexity index is 1230. The van der Waals surface area contributed by atoms with E-state index in [1.165, 1.54) is 5.56 Å². The van der Waals surface area contributed by atoms with Gasteiger partial charge in [0.1, 0.15) is 11.6 Å². The van der Waals surface area contributed by atoms with Crippen molar-refractivity contribution in [1.29, 1.82) is 0 Å². The summed E-state index contributed by atoms with van der Waals surface area (Å²) < 4.78 is 16.3. The summed E-state index contributed by atoms with van der Waals surface area (Å²) in [5.41, 5.74) is 4.70. The van der Waals surface area contributed by atoms with Gasteiger partial charge in [-0.3, -0.25) is 4.79 Å². The molecule has 0 amide bonds. The van der Waals surface area contributed by atoms with Crippen LogP contribution in [0.4, 0.5) is 0 Å². The highest BCUT2D eigenvalue weighted by atomic mass is 32.1. The summed E-state index contributed by atoms with van der Waals surface area (Å²) in [6.45, 7) is 2.14. The van der Waals surface area contributed by atoms with E-state index in [0.717, 1.165) is 26.6 Å². The fourth-order valence-electron chi connectivity index (χ4n) is 3.52. The molecule has 168 valence electrons. The number of hydrogen-bond acceptors (Lipinski definition) is 6. The van der Waals surface area contributed by atoms with Crippen molar-refractivity contribution in [3.63, 3.8) is 0 Å². The number of hydrogen-bond donors (Lipinski definition) is 0. The van der Waals surface area contributed by atoms with E-state index >= 15 is 0 Å². The number of thiazole rings is 1. The van der Waals surface area contributed by atoms with Crippen LogP contribution in [0, 0.1) is 6.92 Å². The zero-order valence-corrected chi connectivity index (χ0v) is 19.6. The SMILES string of the molecule is COc1cccc(COC(=O)Cc2nc(-c3ccccc3)sc2-c2ccc(C)cc2)c1OC. The standard InChI is InChI=1S/C27H25NO4S/c1-18-12-14-19(15-13-18)26-22(28-27(33-26)20-8-5-4-6-9-20)16-24(29)32-17-21-10-7-11-23(30-2)25(21)31-3/h4-15H,16-17H2,1-3H3. The number of aromatic nitrogens is 1. The molecule has 0 aliphatic rings. The van der Waals surface area contributed by atoms with Gasteiger partial charge in [0.05, 0.1) is 31.2 Å². The number of carbonyl (C=O) groups is 1. The van der Waals surface area contributed by atoms with E-state index in [1.54, 1.807) is 31.6 Å². The van der Waals surface area contributed by atoms with Crippen LogP contribution < -0.4 is 9.47 Å². The number of ether oxygens (including phenoxy) is 3. The van der Waals surface area contributed by atoms with Crippen LogP contribution in [0.15, 0.2) is 72.8 Å². The van der Waals surface area contributed by atoms with Crippen LogP contribution in [0.1, 0.15) is 16.8 Å². The average molecular weight is 460 g/mol. The number of benzene rings is 3. The second-order valence-corrected chi connectivity index (χ2v) is 8.52.